The smallest absolute Gasteiger partial charge is 0.348 e. The average Bonchev–Trinajstić information content (AvgIpc) is 2.33. The number of carbonyl (C=O) groups excluding carboxylic acids is 2. The predicted octanol–water partition coefficient (Wildman–Crippen LogP) is 2.54. The van der Waals surface area contributed by atoms with Crippen molar-refractivity contribution in [1.82, 2.24) is 0 Å². The van der Waals surface area contributed by atoms with Gasteiger partial charge >= 0.3 is 11.9 Å². The van der Waals surface area contributed by atoms with Crippen LogP contribution < -0.4 is 0 Å². The lowest BCUT2D eigenvalue weighted by Crippen LogP contribution is -2.41. The summed E-state index contributed by atoms with van der Waals surface area (Å²) in [5.74, 6) is -2.71. The minimum absolute atomic E-state index is 0.180. The summed E-state index contributed by atoms with van der Waals surface area (Å²) in [6.45, 7) is 2.97. The third-order valence-corrected chi connectivity index (χ3v) is 3.20. The number of esters is 2. The van der Waals surface area contributed by atoms with Crippen LogP contribution in [0.25, 0.3) is 6.08 Å². The summed E-state index contributed by atoms with van der Waals surface area (Å²) in [4.78, 5) is 23.6. The third-order valence-electron chi connectivity index (χ3n) is 2.54. The number of carbonyl (C=O) groups is 2. The van der Waals surface area contributed by atoms with Crippen LogP contribution in [0.3, 0.4) is 0 Å². The number of benzene rings is 1. The molecule has 0 aliphatic carbocycles. The van der Waals surface area contributed by atoms with Gasteiger partial charge in [-0.2, -0.15) is 5.26 Å². The monoisotopic (exact) mass is 335 g/mol. The number of nitriles is 1. The lowest BCUT2D eigenvalue weighted by molar-refractivity contribution is -0.222. The van der Waals surface area contributed by atoms with Crippen molar-refractivity contribution in [3.05, 3.63) is 39.4 Å². The summed E-state index contributed by atoms with van der Waals surface area (Å²) in [7, 11) is 0. The van der Waals surface area contributed by atoms with E-state index in [2.05, 4.69) is 15.9 Å². The summed E-state index contributed by atoms with van der Waals surface area (Å²) in [6.07, 6.45) is 1.37. The average molecular weight is 336 g/mol. The van der Waals surface area contributed by atoms with Gasteiger partial charge in [-0.3, -0.25) is 0 Å². The molecule has 0 bridgehead atoms. The zero-order chi connectivity index (χ0) is 14.9. The fourth-order valence-electron chi connectivity index (χ4n) is 1.66. The van der Waals surface area contributed by atoms with Crippen LogP contribution in [-0.2, 0) is 19.1 Å². The molecule has 0 atom stereocenters. The SMILES string of the molecule is CC1(C)OC(=O)C(=Cc2ccc(C#N)c(Br)c2)C(=O)O1. The molecular weight excluding hydrogens is 326 g/mol. The van der Waals surface area contributed by atoms with Gasteiger partial charge in [0.05, 0.1) is 5.56 Å². The van der Waals surface area contributed by atoms with Gasteiger partial charge in [0.15, 0.2) is 0 Å². The zero-order valence-corrected chi connectivity index (χ0v) is 12.4. The van der Waals surface area contributed by atoms with E-state index >= 15 is 0 Å². The van der Waals surface area contributed by atoms with Gasteiger partial charge in [-0.05, 0) is 39.7 Å². The molecule has 1 aromatic carbocycles. The first-order valence-electron chi connectivity index (χ1n) is 5.70. The summed E-state index contributed by atoms with van der Waals surface area (Å²) in [5, 5.41) is 8.83. The van der Waals surface area contributed by atoms with Crippen molar-refractivity contribution < 1.29 is 19.1 Å². The number of hydrogen-bond acceptors (Lipinski definition) is 5. The number of rotatable bonds is 1. The van der Waals surface area contributed by atoms with Crippen molar-refractivity contribution in [3.8, 4) is 6.07 Å². The predicted molar refractivity (Wildman–Crippen MR) is 73.1 cm³/mol. The van der Waals surface area contributed by atoms with Crippen molar-refractivity contribution in [3.63, 3.8) is 0 Å². The van der Waals surface area contributed by atoms with Crippen LogP contribution in [0.4, 0.5) is 0 Å². The zero-order valence-electron chi connectivity index (χ0n) is 10.8. The van der Waals surface area contributed by atoms with E-state index in [1.165, 1.54) is 19.9 Å². The Bertz CT molecular complexity index is 648. The summed E-state index contributed by atoms with van der Waals surface area (Å²) >= 11 is 3.24. The summed E-state index contributed by atoms with van der Waals surface area (Å²) in [5.41, 5.74) is 0.863. The van der Waals surface area contributed by atoms with Gasteiger partial charge in [0.1, 0.15) is 11.6 Å². The van der Waals surface area contributed by atoms with Crippen molar-refractivity contribution in [2.24, 2.45) is 0 Å². The third kappa shape index (κ3) is 2.89. The van der Waals surface area contributed by atoms with Crippen LogP contribution in [0, 0.1) is 11.3 Å². The maximum Gasteiger partial charge on any atom is 0.348 e. The molecule has 0 aromatic heterocycles. The number of halogens is 1. The normalized spacial score (nSPS) is 17.0. The molecule has 0 amide bonds. The fourth-order valence-corrected chi connectivity index (χ4v) is 2.14. The van der Waals surface area contributed by atoms with Crippen LogP contribution in [-0.4, -0.2) is 17.7 Å². The van der Waals surface area contributed by atoms with Gasteiger partial charge in [0.2, 0.25) is 0 Å². The largest absolute Gasteiger partial charge is 0.419 e. The maximum atomic E-state index is 11.8. The van der Waals surface area contributed by atoms with E-state index in [4.69, 9.17) is 14.7 Å². The second kappa shape index (κ2) is 5.10. The number of cyclic esters (lactones) is 2. The molecule has 1 aliphatic rings. The molecule has 0 spiro atoms. The lowest BCUT2D eigenvalue weighted by atomic mass is 10.1. The van der Waals surface area contributed by atoms with E-state index in [0.29, 0.717) is 15.6 Å². The Hall–Kier alpha value is -2.13. The highest BCUT2D eigenvalue weighted by Crippen LogP contribution is 2.25. The van der Waals surface area contributed by atoms with Crippen molar-refractivity contribution >= 4 is 33.9 Å². The molecular formula is C14H10BrNO4. The summed E-state index contributed by atoms with van der Waals surface area (Å²) in [6, 6.07) is 6.84. The molecule has 1 fully saturated rings. The van der Waals surface area contributed by atoms with Gasteiger partial charge in [-0.15, -0.1) is 0 Å². The highest BCUT2D eigenvalue weighted by molar-refractivity contribution is 9.10. The van der Waals surface area contributed by atoms with Crippen LogP contribution in [0.2, 0.25) is 0 Å². The summed E-state index contributed by atoms with van der Waals surface area (Å²) < 4.78 is 10.6. The Kier molecular flexibility index (Phi) is 3.64. The van der Waals surface area contributed by atoms with E-state index in [1.54, 1.807) is 18.2 Å². The highest BCUT2D eigenvalue weighted by Gasteiger charge is 2.38. The van der Waals surface area contributed by atoms with Gasteiger partial charge in [0, 0.05) is 18.3 Å². The van der Waals surface area contributed by atoms with Crippen LogP contribution in [0.1, 0.15) is 25.0 Å². The quantitative estimate of drug-likeness (QED) is 0.447. The fraction of sp³-hybridized carbons (Fsp3) is 0.214. The second-order valence-electron chi connectivity index (χ2n) is 4.59. The van der Waals surface area contributed by atoms with Crippen LogP contribution in [0.5, 0.6) is 0 Å². The molecule has 1 aromatic rings. The van der Waals surface area contributed by atoms with Crippen LogP contribution >= 0.6 is 15.9 Å². The first-order valence-corrected chi connectivity index (χ1v) is 6.50. The first kappa shape index (κ1) is 14.3. The van der Waals surface area contributed by atoms with E-state index in [1.807, 2.05) is 6.07 Å². The Morgan fingerprint density at radius 3 is 2.35 bits per heavy atom. The minimum Gasteiger partial charge on any atom is -0.419 e. The van der Waals surface area contributed by atoms with Gasteiger partial charge in [0.25, 0.3) is 5.79 Å². The van der Waals surface area contributed by atoms with E-state index in [-0.39, 0.29) is 5.57 Å². The van der Waals surface area contributed by atoms with Crippen molar-refractivity contribution in [2.75, 3.05) is 0 Å². The molecule has 6 heteroatoms. The molecule has 0 unspecified atom stereocenters. The number of nitrogens with zero attached hydrogens (tertiary/aromatic N) is 1. The first-order chi connectivity index (χ1) is 9.32. The van der Waals surface area contributed by atoms with Gasteiger partial charge in [-0.1, -0.05) is 6.07 Å². The van der Waals surface area contributed by atoms with Crippen molar-refractivity contribution in [1.29, 1.82) is 5.26 Å². The minimum atomic E-state index is -1.25. The number of ether oxygens (including phenoxy) is 2. The second-order valence-corrected chi connectivity index (χ2v) is 5.44. The molecule has 102 valence electrons. The maximum absolute atomic E-state index is 11.8. The molecule has 5 nitrogen and oxygen atoms in total. The molecule has 20 heavy (non-hydrogen) atoms. The Morgan fingerprint density at radius 2 is 1.85 bits per heavy atom. The number of hydrogen-bond donors (Lipinski definition) is 0. The molecule has 0 N–H and O–H groups in total. The molecule has 1 aliphatic heterocycles. The Balaban J connectivity index is 2.36. The molecule has 1 heterocycles. The standard InChI is InChI=1S/C14H10BrNO4/c1-14(2)19-12(17)10(13(18)20-14)5-8-3-4-9(7-16)11(15)6-8/h3-6H,1-2H3. The molecule has 0 saturated carbocycles. The van der Waals surface area contributed by atoms with Crippen LogP contribution in [0.15, 0.2) is 28.2 Å². The van der Waals surface area contributed by atoms with Gasteiger partial charge in [-0.25, -0.2) is 9.59 Å². The Morgan fingerprint density at radius 1 is 1.25 bits per heavy atom. The van der Waals surface area contributed by atoms with E-state index in [0.717, 1.165) is 0 Å². The Labute approximate surface area is 123 Å². The van der Waals surface area contributed by atoms with E-state index < -0.39 is 17.7 Å². The highest BCUT2D eigenvalue weighted by atomic mass is 79.9. The molecule has 0 radical (unpaired) electrons. The molecule has 1 saturated heterocycles. The van der Waals surface area contributed by atoms with Crippen molar-refractivity contribution in [2.45, 2.75) is 19.6 Å². The lowest BCUT2D eigenvalue weighted by Gasteiger charge is -2.29. The topological polar surface area (TPSA) is 76.4 Å². The molecule has 2 rings (SSSR count). The van der Waals surface area contributed by atoms with E-state index in [9.17, 15) is 9.59 Å². The van der Waals surface area contributed by atoms with Gasteiger partial charge < -0.3 is 9.47 Å².